The van der Waals surface area contributed by atoms with Gasteiger partial charge >= 0.3 is 0 Å². The number of carbonyl (C=O) groups excluding carboxylic acids is 1. The molecule has 1 amide bonds. The van der Waals surface area contributed by atoms with E-state index in [1.807, 2.05) is 24.3 Å². The van der Waals surface area contributed by atoms with Crippen LogP contribution in [0.15, 0.2) is 53.3 Å². The zero-order valence-corrected chi connectivity index (χ0v) is 21.4. The molecule has 0 radical (unpaired) electrons. The molecule has 0 heterocycles. The first kappa shape index (κ1) is 25.4. The summed E-state index contributed by atoms with van der Waals surface area (Å²) in [6.07, 6.45) is 1.15. The Morgan fingerprint density at radius 2 is 1.61 bits per heavy atom. The second-order valence-corrected chi connectivity index (χ2v) is 8.62. The molecule has 1 aliphatic rings. The van der Waals surface area contributed by atoms with Gasteiger partial charge in [0.2, 0.25) is 11.2 Å². The lowest BCUT2D eigenvalue weighted by Gasteiger charge is -2.20. The van der Waals surface area contributed by atoms with Crippen LogP contribution in [0.5, 0.6) is 23.0 Å². The van der Waals surface area contributed by atoms with Crippen LogP contribution in [-0.4, -0.2) is 34.3 Å². The van der Waals surface area contributed by atoms with Crippen molar-refractivity contribution in [3.63, 3.8) is 0 Å². The summed E-state index contributed by atoms with van der Waals surface area (Å²) < 4.78 is 22.3. The molecule has 3 aromatic carbocycles. The number of hydrogen-bond donors (Lipinski definition) is 1. The van der Waals surface area contributed by atoms with E-state index in [1.165, 1.54) is 13.2 Å². The first-order valence-corrected chi connectivity index (χ1v) is 12.0. The van der Waals surface area contributed by atoms with Crippen LogP contribution in [0.1, 0.15) is 39.5 Å². The quantitative estimate of drug-likeness (QED) is 0.456. The highest BCUT2D eigenvalue weighted by Gasteiger charge is 2.30. The zero-order chi connectivity index (χ0) is 25.8. The van der Waals surface area contributed by atoms with Gasteiger partial charge in [-0.25, -0.2) is 0 Å². The Bertz CT molecular complexity index is 1340. The molecule has 0 fully saturated rings. The number of amides is 1. The molecule has 0 saturated carbocycles. The summed E-state index contributed by atoms with van der Waals surface area (Å²) in [5.74, 6) is 1.81. The Labute approximate surface area is 214 Å². The largest absolute Gasteiger partial charge is 0.493 e. The van der Waals surface area contributed by atoms with Crippen molar-refractivity contribution in [2.45, 2.75) is 24.8 Å². The molecule has 0 spiro atoms. The third-order valence-corrected chi connectivity index (χ3v) is 6.70. The lowest BCUT2D eigenvalue weighted by Crippen LogP contribution is -2.29. The van der Waals surface area contributed by atoms with Gasteiger partial charge in [0.05, 0.1) is 34.5 Å². The lowest BCUT2D eigenvalue weighted by atomic mass is 9.95. The van der Waals surface area contributed by atoms with Gasteiger partial charge in [0.15, 0.2) is 17.2 Å². The first-order chi connectivity index (χ1) is 17.4. The fourth-order valence-corrected chi connectivity index (χ4v) is 4.78. The molecule has 1 aliphatic carbocycles. The van der Waals surface area contributed by atoms with Crippen molar-refractivity contribution >= 4 is 17.5 Å². The van der Waals surface area contributed by atoms with Gasteiger partial charge in [0.1, 0.15) is 0 Å². The third-order valence-electron chi connectivity index (χ3n) is 6.40. The number of carbonyl (C=O) groups is 1. The molecule has 1 atom stereocenters. The van der Waals surface area contributed by atoms with Gasteiger partial charge in [0, 0.05) is 17.0 Å². The van der Waals surface area contributed by atoms with Crippen molar-refractivity contribution in [2.75, 3.05) is 28.4 Å². The maximum absolute atomic E-state index is 13.2. The summed E-state index contributed by atoms with van der Waals surface area (Å²) in [6.45, 7) is 0. The van der Waals surface area contributed by atoms with Gasteiger partial charge in [-0.2, -0.15) is 0 Å². The number of benzene rings is 2. The average molecular weight is 510 g/mol. The molecule has 0 saturated heterocycles. The Balaban J connectivity index is 1.90. The molecule has 3 aromatic rings. The number of alkyl halides is 1. The Kier molecular flexibility index (Phi) is 7.70. The number of fused-ring (bicyclic) bond motifs is 3. The summed E-state index contributed by atoms with van der Waals surface area (Å²) in [5, 5.41) is 3.12. The number of aryl methyl sites for hydroxylation is 1. The molecule has 8 heteroatoms. The topological polar surface area (TPSA) is 83.1 Å². The van der Waals surface area contributed by atoms with Crippen LogP contribution < -0.4 is 29.7 Å². The predicted octanol–water partition coefficient (Wildman–Crippen LogP) is 4.90. The van der Waals surface area contributed by atoms with Crippen molar-refractivity contribution in [1.29, 1.82) is 0 Å². The van der Waals surface area contributed by atoms with E-state index in [-0.39, 0.29) is 17.1 Å². The lowest BCUT2D eigenvalue weighted by molar-refractivity contribution is 0.0935. The van der Waals surface area contributed by atoms with Crippen LogP contribution in [0.3, 0.4) is 0 Å². The molecule has 7 nitrogen and oxygen atoms in total. The molecule has 36 heavy (non-hydrogen) atoms. The summed E-state index contributed by atoms with van der Waals surface area (Å²) in [4.78, 5) is 26.2. The highest BCUT2D eigenvalue weighted by Crippen LogP contribution is 2.50. The van der Waals surface area contributed by atoms with Gasteiger partial charge < -0.3 is 24.3 Å². The van der Waals surface area contributed by atoms with Gasteiger partial charge in [0.25, 0.3) is 5.91 Å². The van der Waals surface area contributed by atoms with Crippen LogP contribution in [0.25, 0.3) is 11.1 Å². The Morgan fingerprint density at radius 3 is 2.22 bits per heavy atom. The Hall–Kier alpha value is -3.71. The smallest absolute Gasteiger partial charge is 0.251 e. The first-order valence-electron chi connectivity index (χ1n) is 11.5. The molecular weight excluding hydrogens is 482 g/mol. The highest BCUT2D eigenvalue weighted by atomic mass is 35.5. The van der Waals surface area contributed by atoms with E-state index < -0.39 is 6.04 Å². The zero-order valence-electron chi connectivity index (χ0n) is 20.6. The molecule has 188 valence electrons. The summed E-state index contributed by atoms with van der Waals surface area (Å²) in [5.41, 5.74) is 4.29. The van der Waals surface area contributed by atoms with Crippen molar-refractivity contribution in [3.8, 4) is 34.1 Å². The van der Waals surface area contributed by atoms with E-state index in [4.69, 9.17) is 30.5 Å². The number of ether oxygens (including phenoxy) is 4. The van der Waals surface area contributed by atoms with Crippen molar-refractivity contribution in [2.24, 2.45) is 0 Å². The molecule has 0 aromatic heterocycles. The highest BCUT2D eigenvalue weighted by molar-refractivity contribution is 6.17. The monoisotopic (exact) mass is 509 g/mol. The van der Waals surface area contributed by atoms with Gasteiger partial charge in [-0.15, -0.1) is 11.6 Å². The van der Waals surface area contributed by atoms with E-state index in [0.29, 0.717) is 47.1 Å². The number of rotatable bonds is 7. The van der Waals surface area contributed by atoms with Crippen LogP contribution >= 0.6 is 11.6 Å². The van der Waals surface area contributed by atoms with E-state index in [1.54, 1.807) is 39.5 Å². The second-order valence-electron chi connectivity index (χ2n) is 8.35. The van der Waals surface area contributed by atoms with Gasteiger partial charge in [-0.1, -0.05) is 18.2 Å². The van der Waals surface area contributed by atoms with Crippen molar-refractivity contribution in [3.05, 3.63) is 81.0 Å². The fourth-order valence-electron chi connectivity index (χ4n) is 4.60. The van der Waals surface area contributed by atoms with Gasteiger partial charge in [-0.05, 0) is 65.4 Å². The molecule has 1 N–H and O–H groups in total. The summed E-state index contributed by atoms with van der Waals surface area (Å²) in [7, 11) is 6.14. The van der Waals surface area contributed by atoms with Crippen molar-refractivity contribution < 1.29 is 23.7 Å². The minimum absolute atomic E-state index is 0.200. The molecule has 0 unspecified atom stereocenters. The number of methoxy groups -OCH3 is 4. The van der Waals surface area contributed by atoms with E-state index in [9.17, 15) is 9.59 Å². The predicted molar refractivity (Wildman–Crippen MR) is 139 cm³/mol. The second kappa shape index (κ2) is 10.9. The number of nitrogens with one attached hydrogen (secondary N) is 1. The standard InChI is InChI=1S/C28H28ClNO6/c1-33-23-12-10-19-20(14-22(23)31)21(30-28(32)17-7-5-16(15-29)6-8-17)11-9-18-13-24(34-2)26(35-3)27(36-4)25(18)19/h5-8,10,12-14,21H,9,11,15H2,1-4H3,(H,30,32)/t21-/m0/s1. The molecule has 4 rings (SSSR count). The van der Waals surface area contributed by atoms with Crippen LogP contribution in [0.4, 0.5) is 0 Å². The van der Waals surface area contributed by atoms with E-state index >= 15 is 0 Å². The van der Waals surface area contributed by atoms with E-state index in [2.05, 4.69) is 5.32 Å². The number of halogens is 1. The van der Waals surface area contributed by atoms with E-state index in [0.717, 1.165) is 22.3 Å². The fraction of sp³-hybridized carbons (Fsp3) is 0.286. The van der Waals surface area contributed by atoms with Crippen molar-refractivity contribution in [1.82, 2.24) is 5.32 Å². The minimum atomic E-state index is -0.445. The maximum Gasteiger partial charge on any atom is 0.251 e. The molecule has 0 bridgehead atoms. The molecular formula is C28H28ClNO6. The third kappa shape index (κ3) is 4.71. The Morgan fingerprint density at radius 1 is 0.917 bits per heavy atom. The minimum Gasteiger partial charge on any atom is -0.493 e. The van der Waals surface area contributed by atoms with Gasteiger partial charge in [-0.3, -0.25) is 9.59 Å². The van der Waals surface area contributed by atoms with Crippen LogP contribution in [0, 0.1) is 0 Å². The molecule has 0 aliphatic heterocycles. The SMILES string of the molecule is COc1cc2c(c(OC)c1OC)-c1ccc(OC)c(=O)cc1[C@@H](NC(=O)c1ccc(CCl)cc1)CC2. The van der Waals surface area contributed by atoms with Crippen LogP contribution in [0.2, 0.25) is 0 Å². The average Bonchev–Trinajstić information content (AvgIpc) is 3.15. The normalized spacial score (nSPS) is 14.1. The number of hydrogen-bond acceptors (Lipinski definition) is 6. The summed E-state index contributed by atoms with van der Waals surface area (Å²) >= 11 is 5.88. The maximum atomic E-state index is 13.2. The summed E-state index contributed by atoms with van der Waals surface area (Å²) in [6, 6.07) is 13.6. The van der Waals surface area contributed by atoms with Crippen LogP contribution in [-0.2, 0) is 12.3 Å².